The standard InChI is InChI=1S/C6H13BrN2/c7-2-1-6-5-8-3-4-9-6/h6,8-9H,1-5H2. The first-order valence-corrected chi connectivity index (χ1v) is 4.55. The third kappa shape index (κ3) is 2.65. The molecule has 0 aromatic heterocycles. The van der Waals surface area contributed by atoms with E-state index in [2.05, 4.69) is 26.6 Å². The van der Waals surface area contributed by atoms with Crippen LogP contribution in [0.5, 0.6) is 0 Å². The first-order valence-electron chi connectivity index (χ1n) is 3.43. The van der Waals surface area contributed by atoms with Crippen molar-refractivity contribution in [2.75, 3.05) is 25.0 Å². The second kappa shape index (κ2) is 4.25. The molecular formula is C6H13BrN2. The Hall–Kier alpha value is 0.400. The summed E-state index contributed by atoms with van der Waals surface area (Å²) >= 11 is 3.42. The van der Waals surface area contributed by atoms with E-state index in [0.29, 0.717) is 6.04 Å². The largest absolute Gasteiger partial charge is 0.314 e. The van der Waals surface area contributed by atoms with Crippen molar-refractivity contribution in [3.8, 4) is 0 Å². The fourth-order valence-electron chi connectivity index (χ4n) is 1.05. The zero-order valence-corrected chi connectivity index (χ0v) is 7.08. The summed E-state index contributed by atoms with van der Waals surface area (Å²) in [6.07, 6.45) is 1.23. The van der Waals surface area contributed by atoms with E-state index in [9.17, 15) is 0 Å². The Bertz CT molecular complexity index is 68.7. The second-order valence-electron chi connectivity index (χ2n) is 2.33. The van der Waals surface area contributed by atoms with Crippen molar-refractivity contribution in [1.29, 1.82) is 0 Å². The van der Waals surface area contributed by atoms with Gasteiger partial charge in [0.15, 0.2) is 0 Å². The molecule has 9 heavy (non-hydrogen) atoms. The molecule has 0 radical (unpaired) electrons. The third-order valence-electron chi connectivity index (χ3n) is 1.58. The van der Waals surface area contributed by atoms with Crippen LogP contribution in [0.15, 0.2) is 0 Å². The van der Waals surface area contributed by atoms with Crippen LogP contribution >= 0.6 is 15.9 Å². The van der Waals surface area contributed by atoms with E-state index in [0.717, 1.165) is 25.0 Å². The lowest BCUT2D eigenvalue weighted by Gasteiger charge is -2.23. The Kier molecular flexibility index (Phi) is 3.55. The lowest BCUT2D eigenvalue weighted by molar-refractivity contribution is 0.412. The zero-order chi connectivity index (χ0) is 6.53. The summed E-state index contributed by atoms with van der Waals surface area (Å²) in [7, 11) is 0. The van der Waals surface area contributed by atoms with E-state index < -0.39 is 0 Å². The van der Waals surface area contributed by atoms with Crippen molar-refractivity contribution < 1.29 is 0 Å². The maximum absolute atomic E-state index is 3.43. The van der Waals surface area contributed by atoms with E-state index in [1.807, 2.05) is 0 Å². The van der Waals surface area contributed by atoms with Crippen LogP contribution in [-0.2, 0) is 0 Å². The van der Waals surface area contributed by atoms with Crippen molar-refractivity contribution in [3.63, 3.8) is 0 Å². The number of hydrogen-bond donors (Lipinski definition) is 2. The van der Waals surface area contributed by atoms with Crippen molar-refractivity contribution >= 4 is 15.9 Å². The summed E-state index contributed by atoms with van der Waals surface area (Å²) in [4.78, 5) is 0. The molecule has 2 nitrogen and oxygen atoms in total. The summed E-state index contributed by atoms with van der Waals surface area (Å²) in [6, 6.07) is 0.693. The summed E-state index contributed by atoms with van der Waals surface area (Å²) in [5.74, 6) is 0. The van der Waals surface area contributed by atoms with Gasteiger partial charge in [-0.3, -0.25) is 0 Å². The van der Waals surface area contributed by atoms with Gasteiger partial charge in [-0.25, -0.2) is 0 Å². The molecule has 3 heteroatoms. The molecule has 0 bridgehead atoms. The Morgan fingerprint density at radius 3 is 2.89 bits per heavy atom. The van der Waals surface area contributed by atoms with Crippen LogP contribution in [0.25, 0.3) is 0 Å². The van der Waals surface area contributed by atoms with Gasteiger partial charge in [0, 0.05) is 31.0 Å². The van der Waals surface area contributed by atoms with Crippen LogP contribution in [0, 0.1) is 0 Å². The molecule has 0 saturated carbocycles. The number of rotatable bonds is 2. The van der Waals surface area contributed by atoms with Gasteiger partial charge >= 0.3 is 0 Å². The van der Waals surface area contributed by atoms with Gasteiger partial charge in [-0.2, -0.15) is 0 Å². The smallest absolute Gasteiger partial charge is 0.0200 e. The molecule has 0 amide bonds. The van der Waals surface area contributed by atoms with E-state index in [-0.39, 0.29) is 0 Å². The minimum absolute atomic E-state index is 0.693. The molecule has 0 aliphatic carbocycles. The van der Waals surface area contributed by atoms with Gasteiger partial charge in [0.2, 0.25) is 0 Å². The third-order valence-corrected chi connectivity index (χ3v) is 2.04. The molecule has 1 atom stereocenters. The summed E-state index contributed by atoms with van der Waals surface area (Å²) < 4.78 is 0. The average Bonchev–Trinajstić information content (AvgIpc) is 1.91. The molecule has 1 fully saturated rings. The van der Waals surface area contributed by atoms with Gasteiger partial charge in [0.25, 0.3) is 0 Å². The molecule has 1 aliphatic rings. The van der Waals surface area contributed by atoms with Crippen LogP contribution in [-0.4, -0.2) is 31.0 Å². The maximum Gasteiger partial charge on any atom is 0.0200 e. The molecule has 54 valence electrons. The fraction of sp³-hybridized carbons (Fsp3) is 1.00. The average molecular weight is 193 g/mol. The number of nitrogens with one attached hydrogen (secondary N) is 2. The Balaban J connectivity index is 2.08. The van der Waals surface area contributed by atoms with Crippen LogP contribution in [0.3, 0.4) is 0 Å². The minimum Gasteiger partial charge on any atom is -0.314 e. The first-order chi connectivity index (χ1) is 4.43. The van der Waals surface area contributed by atoms with Crippen molar-refractivity contribution in [1.82, 2.24) is 10.6 Å². The molecule has 0 spiro atoms. The molecule has 1 rings (SSSR count). The molecule has 1 unspecified atom stereocenters. The van der Waals surface area contributed by atoms with Crippen LogP contribution < -0.4 is 10.6 Å². The van der Waals surface area contributed by atoms with E-state index in [4.69, 9.17) is 0 Å². The fourth-order valence-corrected chi connectivity index (χ4v) is 1.60. The lowest BCUT2D eigenvalue weighted by atomic mass is 10.2. The SMILES string of the molecule is BrCCC1CNCCN1. The number of hydrogen-bond acceptors (Lipinski definition) is 2. The molecule has 2 N–H and O–H groups in total. The molecule has 0 aromatic rings. The van der Waals surface area contributed by atoms with Crippen LogP contribution in [0.2, 0.25) is 0 Å². The summed E-state index contributed by atoms with van der Waals surface area (Å²) in [5.41, 5.74) is 0. The Morgan fingerprint density at radius 2 is 2.33 bits per heavy atom. The van der Waals surface area contributed by atoms with E-state index in [1.54, 1.807) is 0 Å². The molecule has 1 saturated heterocycles. The Morgan fingerprint density at radius 1 is 1.44 bits per heavy atom. The monoisotopic (exact) mass is 192 g/mol. The van der Waals surface area contributed by atoms with Gasteiger partial charge in [-0.15, -0.1) is 0 Å². The maximum atomic E-state index is 3.43. The number of halogens is 1. The van der Waals surface area contributed by atoms with Gasteiger partial charge < -0.3 is 10.6 Å². The quantitative estimate of drug-likeness (QED) is 0.617. The lowest BCUT2D eigenvalue weighted by Crippen LogP contribution is -2.48. The number of alkyl halides is 1. The van der Waals surface area contributed by atoms with Gasteiger partial charge in [0.05, 0.1) is 0 Å². The van der Waals surface area contributed by atoms with E-state index >= 15 is 0 Å². The highest BCUT2D eigenvalue weighted by atomic mass is 79.9. The van der Waals surface area contributed by atoms with Crippen molar-refractivity contribution in [2.24, 2.45) is 0 Å². The van der Waals surface area contributed by atoms with Crippen molar-refractivity contribution in [3.05, 3.63) is 0 Å². The zero-order valence-electron chi connectivity index (χ0n) is 5.49. The molecule has 1 aliphatic heterocycles. The van der Waals surface area contributed by atoms with Gasteiger partial charge in [-0.05, 0) is 6.42 Å². The van der Waals surface area contributed by atoms with Crippen molar-refractivity contribution in [2.45, 2.75) is 12.5 Å². The molecule has 0 aromatic carbocycles. The second-order valence-corrected chi connectivity index (χ2v) is 3.13. The van der Waals surface area contributed by atoms with E-state index in [1.165, 1.54) is 6.42 Å². The number of piperazine rings is 1. The van der Waals surface area contributed by atoms with Gasteiger partial charge in [0.1, 0.15) is 0 Å². The predicted molar refractivity (Wildman–Crippen MR) is 43.1 cm³/mol. The van der Waals surface area contributed by atoms with Gasteiger partial charge in [-0.1, -0.05) is 15.9 Å². The predicted octanol–water partition coefficient (Wildman–Crippen LogP) is 0.333. The normalized spacial score (nSPS) is 28.3. The molecule has 1 heterocycles. The topological polar surface area (TPSA) is 24.1 Å². The minimum atomic E-state index is 0.693. The highest BCUT2D eigenvalue weighted by Crippen LogP contribution is 1.96. The first kappa shape index (κ1) is 7.51. The van der Waals surface area contributed by atoms with Crippen LogP contribution in [0.4, 0.5) is 0 Å². The Labute approximate surface area is 64.5 Å². The highest BCUT2D eigenvalue weighted by Gasteiger charge is 2.09. The molecular weight excluding hydrogens is 180 g/mol. The summed E-state index contributed by atoms with van der Waals surface area (Å²) in [5, 5.41) is 7.87. The van der Waals surface area contributed by atoms with Crippen LogP contribution in [0.1, 0.15) is 6.42 Å². The summed E-state index contributed by atoms with van der Waals surface area (Å²) in [6.45, 7) is 3.38. The highest BCUT2D eigenvalue weighted by molar-refractivity contribution is 9.09.